The summed E-state index contributed by atoms with van der Waals surface area (Å²) < 4.78 is 5.77. The first kappa shape index (κ1) is 13.0. The number of ether oxygens (including phenoxy) is 1. The van der Waals surface area contributed by atoms with Gasteiger partial charge in [0.2, 0.25) is 0 Å². The van der Waals surface area contributed by atoms with Gasteiger partial charge in [0.25, 0.3) is 0 Å². The van der Waals surface area contributed by atoms with Gasteiger partial charge in [-0.15, -0.1) is 0 Å². The third-order valence-corrected chi connectivity index (χ3v) is 4.03. The van der Waals surface area contributed by atoms with E-state index >= 15 is 0 Å². The number of rotatable bonds is 3. The van der Waals surface area contributed by atoms with E-state index in [1.165, 1.54) is 10.8 Å². The number of hydrogen-bond donors (Lipinski definition) is 2. The zero-order valence-electron chi connectivity index (χ0n) is 12.5. The van der Waals surface area contributed by atoms with Crippen LogP contribution < -0.4 is 15.4 Å². The molecule has 0 radical (unpaired) electrons. The average molecular weight is 290 g/mol. The Kier molecular flexibility index (Phi) is 3.11. The summed E-state index contributed by atoms with van der Waals surface area (Å²) in [7, 11) is 0. The fourth-order valence-electron chi connectivity index (χ4n) is 3.09. The Morgan fingerprint density at radius 1 is 0.864 bits per heavy atom. The lowest BCUT2D eigenvalue weighted by molar-refractivity contribution is 0.335. The molecule has 1 aliphatic heterocycles. The van der Waals surface area contributed by atoms with E-state index in [4.69, 9.17) is 4.74 Å². The van der Waals surface area contributed by atoms with E-state index in [1.807, 2.05) is 25.1 Å². The van der Waals surface area contributed by atoms with E-state index in [9.17, 15) is 0 Å². The molecule has 3 aromatic rings. The molecular weight excluding hydrogens is 272 g/mol. The van der Waals surface area contributed by atoms with Gasteiger partial charge in [-0.1, -0.05) is 42.5 Å². The summed E-state index contributed by atoms with van der Waals surface area (Å²) >= 11 is 0. The molecule has 0 fully saturated rings. The van der Waals surface area contributed by atoms with Gasteiger partial charge in [0, 0.05) is 22.3 Å². The van der Waals surface area contributed by atoms with Gasteiger partial charge in [-0.2, -0.15) is 0 Å². The van der Waals surface area contributed by atoms with Crippen molar-refractivity contribution >= 4 is 22.1 Å². The van der Waals surface area contributed by atoms with Crippen molar-refractivity contribution in [2.24, 2.45) is 0 Å². The van der Waals surface area contributed by atoms with Crippen LogP contribution in [0.3, 0.4) is 0 Å². The number of benzene rings is 3. The third-order valence-electron chi connectivity index (χ3n) is 4.03. The lowest BCUT2D eigenvalue weighted by atomic mass is 10.0. The van der Waals surface area contributed by atoms with Crippen LogP contribution in [-0.2, 0) is 0 Å². The fourth-order valence-corrected chi connectivity index (χ4v) is 3.09. The van der Waals surface area contributed by atoms with Gasteiger partial charge >= 0.3 is 0 Å². The highest BCUT2D eigenvalue weighted by Gasteiger charge is 2.22. The van der Waals surface area contributed by atoms with Gasteiger partial charge in [0.15, 0.2) is 0 Å². The maximum atomic E-state index is 5.77. The van der Waals surface area contributed by atoms with Gasteiger partial charge in [0.05, 0.1) is 6.61 Å². The molecule has 1 heterocycles. The second-order valence-electron chi connectivity index (χ2n) is 5.40. The normalized spacial score (nSPS) is 13.5. The lowest BCUT2D eigenvalue weighted by Crippen LogP contribution is -2.24. The van der Waals surface area contributed by atoms with Crippen LogP contribution in [0.2, 0.25) is 0 Å². The van der Waals surface area contributed by atoms with Crippen LogP contribution in [0.25, 0.3) is 10.8 Å². The largest absolute Gasteiger partial charge is 0.493 e. The molecule has 3 heteroatoms. The van der Waals surface area contributed by atoms with E-state index in [0.29, 0.717) is 6.61 Å². The molecule has 0 spiro atoms. The predicted molar refractivity (Wildman–Crippen MR) is 91.5 cm³/mol. The van der Waals surface area contributed by atoms with Crippen LogP contribution in [0.4, 0.5) is 11.4 Å². The van der Waals surface area contributed by atoms with Crippen molar-refractivity contribution in [2.45, 2.75) is 13.1 Å². The molecule has 0 aromatic heterocycles. The molecule has 0 unspecified atom stereocenters. The Balaban J connectivity index is 1.79. The average Bonchev–Trinajstić information content (AvgIpc) is 2.56. The summed E-state index contributed by atoms with van der Waals surface area (Å²) in [6, 6.07) is 20.9. The summed E-state index contributed by atoms with van der Waals surface area (Å²) in [5.74, 6) is 0.918. The quantitative estimate of drug-likeness (QED) is 0.728. The Morgan fingerprint density at radius 2 is 1.55 bits per heavy atom. The summed E-state index contributed by atoms with van der Waals surface area (Å²) in [6.07, 6.45) is 0.00301. The fraction of sp³-hybridized carbons (Fsp3) is 0.158. The first-order chi connectivity index (χ1) is 10.9. The minimum absolute atomic E-state index is 0.00301. The zero-order valence-corrected chi connectivity index (χ0v) is 12.5. The van der Waals surface area contributed by atoms with E-state index in [1.54, 1.807) is 0 Å². The molecule has 0 saturated heterocycles. The minimum atomic E-state index is 0.00301. The van der Waals surface area contributed by atoms with Gasteiger partial charge in [-0.25, -0.2) is 0 Å². The topological polar surface area (TPSA) is 33.3 Å². The van der Waals surface area contributed by atoms with Gasteiger partial charge in [-0.05, 0) is 30.5 Å². The monoisotopic (exact) mass is 290 g/mol. The molecule has 0 atom stereocenters. The van der Waals surface area contributed by atoms with E-state index in [0.717, 1.165) is 22.7 Å². The van der Waals surface area contributed by atoms with E-state index in [-0.39, 0.29) is 6.17 Å². The second kappa shape index (κ2) is 5.26. The lowest BCUT2D eigenvalue weighted by Gasteiger charge is -2.30. The van der Waals surface area contributed by atoms with Crippen LogP contribution in [-0.4, -0.2) is 6.61 Å². The van der Waals surface area contributed by atoms with Crippen molar-refractivity contribution in [1.82, 2.24) is 0 Å². The van der Waals surface area contributed by atoms with Crippen LogP contribution in [0.15, 0.2) is 60.7 Å². The Labute approximate surface area is 129 Å². The second-order valence-corrected chi connectivity index (χ2v) is 5.40. The highest BCUT2D eigenvalue weighted by atomic mass is 16.5. The number of nitrogens with one attached hydrogen (secondary N) is 2. The summed E-state index contributed by atoms with van der Waals surface area (Å²) in [5, 5.41) is 9.66. The van der Waals surface area contributed by atoms with Crippen molar-refractivity contribution in [3.8, 4) is 5.75 Å². The third kappa shape index (κ3) is 2.06. The maximum absolute atomic E-state index is 5.77. The van der Waals surface area contributed by atoms with Crippen molar-refractivity contribution < 1.29 is 4.74 Å². The zero-order chi connectivity index (χ0) is 14.9. The number of para-hydroxylation sites is 1. The van der Waals surface area contributed by atoms with Gasteiger partial charge in [-0.3, -0.25) is 0 Å². The van der Waals surface area contributed by atoms with Crippen LogP contribution in [0, 0.1) is 0 Å². The molecule has 2 N–H and O–H groups in total. The molecule has 22 heavy (non-hydrogen) atoms. The molecule has 3 nitrogen and oxygen atoms in total. The highest BCUT2D eigenvalue weighted by molar-refractivity contribution is 6.04. The van der Waals surface area contributed by atoms with Gasteiger partial charge in [0.1, 0.15) is 11.9 Å². The molecule has 0 amide bonds. The number of hydrogen-bond acceptors (Lipinski definition) is 3. The molecule has 110 valence electrons. The molecular formula is C19H18N2O. The highest BCUT2D eigenvalue weighted by Crippen LogP contribution is 2.40. The Bertz CT molecular complexity index is 788. The van der Waals surface area contributed by atoms with Crippen molar-refractivity contribution in [2.75, 3.05) is 17.2 Å². The van der Waals surface area contributed by atoms with Crippen molar-refractivity contribution in [1.29, 1.82) is 0 Å². The molecule has 4 rings (SSSR count). The Morgan fingerprint density at radius 3 is 2.23 bits per heavy atom. The number of anilines is 2. The minimum Gasteiger partial charge on any atom is -0.493 e. The summed E-state index contributed by atoms with van der Waals surface area (Å²) in [4.78, 5) is 0. The first-order valence-corrected chi connectivity index (χ1v) is 7.63. The first-order valence-electron chi connectivity index (χ1n) is 7.63. The Hall–Kier alpha value is -2.68. The van der Waals surface area contributed by atoms with Gasteiger partial charge < -0.3 is 15.4 Å². The van der Waals surface area contributed by atoms with E-state index in [2.05, 4.69) is 53.1 Å². The molecule has 0 aliphatic carbocycles. The van der Waals surface area contributed by atoms with Crippen LogP contribution >= 0.6 is 0 Å². The SMILES string of the molecule is CCOc1ccccc1C1Nc2cccc3cccc(c23)N1. The van der Waals surface area contributed by atoms with Crippen LogP contribution in [0.5, 0.6) is 5.75 Å². The smallest absolute Gasteiger partial charge is 0.127 e. The predicted octanol–water partition coefficient (Wildman–Crippen LogP) is 4.77. The van der Waals surface area contributed by atoms with E-state index < -0.39 is 0 Å². The summed E-state index contributed by atoms with van der Waals surface area (Å²) in [6.45, 7) is 2.67. The van der Waals surface area contributed by atoms with Crippen LogP contribution in [0.1, 0.15) is 18.7 Å². The van der Waals surface area contributed by atoms with Crippen molar-refractivity contribution in [3.63, 3.8) is 0 Å². The molecule has 0 saturated carbocycles. The standard InChI is InChI=1S/C19H18N2O/c1-2-22-17-12-4-3-9-14(17)19-20-15-10-5-7-13-8-6-11-16(21-19)18(13)15/h3-12,19-21H,2H2,1H3. The maximum Gasteiger partial charge on any atom is 0.127 e. The van der Waals surface area contributed by atoms with Crippen molar-refractivity contribution in [3.05, 3.63) is 66.2 Å². The molecule has 3 aromatic carbocycles. The molecule has 0 bridgehead atoms. The summed E-state index contributed by atoms with van der Waals surface area (Å²) in [5.41, 5.74) is 3.43. The molecule has 1 aliphatic rings.